The topological polar surface area (TPSA) is 38.0 Å². The fourth-order valence-corrected chi connectivity index (χ4v) is 2.03. The van der Waals surface area contributed by atoms with Crippen LogP contribution in [0.15, 0.2) is 24.3 Å². The van der Waals surface area contributed by atoms with Crippen LogP contribution in [0.3, 0.4) is 0 Å². The fourth-order valence-electron chi connectivity index (χ4n) is 1.86. The number of nitrogens with two attached hydrogens (primary N) is 1. The number of hydrogen-bond acceptors (Lipinski definition) is 2. The lowest BCUT2D eigenvalue weighted by Gasteiger charge is -2.19. The maximum atomic E-state index is 5.68. The van der Waals surface area contributed by atoms with Gasteiger partial charge >= 0.3 is 0 Å². The summed E-state index contributed by atoms with van der Waals surface area (Å²) in [4.78, 5) is 0.444. The van der Waals surface area contributed by atoms with Crippen molar-refractivity contribution in [3.8, 4) is 0 Å². The number of thiocarbonyl (C=S) groups is 1. The van der Waals surface area contributed by atoms with E-state index in [2.05, 4.69) is 26.1 Å². The minimum atomic E-state index is 0.426. The van der Waals surface area contributed by atoms with E-state index in [9.17, 15) is 0 Å². The number of benzene rings is 1. The van der Waals surface area contributed by atoms with E-state index in [-0.39, 0.29) is 0 Å². The Morgan fingerprint density at radius 1 is 1.31 bits per heavy atom. The second kappa shape index (κ2) is 5.85. The first-order valence-electron chi connectivity index (χ1n) is 5.66. The summed E-state index contributed by atoms with van der Waals surface area (Å²) in [6.45, 7) is 6.62. The highest BCUT2D eigenvalue weighted by Gasteiger charge is 2.08. The van der Waals surface area contributed by atoms with Crippen LogP contribution in [-0.4, -0.2) is 11.0 Å². The third-order valence-electron chi connectivity index (χ3n) is 2.42. The highest BCUT2D eigenvalue weighted by atomic mass is 32.1. The molecule has 1 aromatic rings. The fraction of sp³-hybridized carbons (Fsp3) is 0.462. The predicted octanol–water partition coefficient (Wildman–Crippen LogP) is 3.17. The molecule has 0 fully saturated rings. The Kier molecular flexibility index (Phi) is 4.74. The summed E-state index contributed by atoms with van der Waals surface area (Å²) in [5.41, 5.74) is 7.64. The van der Waals surface area contributed by atoms with Crippen LogP contribution < -0.4 is 11.1 Å². The van der Waals surface area contributed by atoms with Gasteiger partial charge in [0.05, 0.1) is 0 Å². The first kappa shape index (κ1) is 13.0. The first-order valence-corrected chi connectivity index (χ1v) is 6.07. The molecule has 0 aliphatic heterocycles. The van der Waals surface area contributed by atoms with Crippen LogP contribution in [0, 0.1) is 5.92 Å². The van der Waals surface area contributed by atoms with Crippen molar-refractivity contribution >= 4 is 22.9 Å². The van der Waals surface area contributed by atoms with Gasteiger partial charge in [0.2, 0.25) is 0 Å². The number of anilines is 1. The molecule has 0 amide bonds. The highest BCUT2D eigenvalue weighted by Crippen LogP contribution is 2.17. The second-order valence-electron chi connectivity index (χ2n) is 4.58. The Labute approximate surface area is 103 Å². The molecule has 0 radical (unpaired) electrons. The summed E-state index contributed by atoms with van der Waals surface area (Å²) in [6, 6.07) is 8.34. The van der Waals surface area contributed by atoms with E-state index in [0.717, 1.165) is 17.7 Å². The van der Waals surface area contributed by atoms with E-state index in [0.29, 0.717) is 16.9 Å². The molecule has 3 N–H and O–H groups in total. The smallest absolute Gasteiger partial charge is 0.106 e. The molecule has 0 spiro atoms. The van der Waals surface area contributed by atoms with Crippen molar-refractivity contribution in [3.05, 3.63) is 29.8 Å². The van der Waals surface area contributed by atoms with E-state index >= 15 is 0 Å². The van der Waals surface area contributed by atoms with Gasteiger partial charge in [-0.2, -0.15) is 0 Å². The molecule has 0 saturated heterocycles. The van der Waals surface area contributed by atoms with Gasteiger partial charge in [0.25, 0.3) is 0 Å². The molecule has 2 nitrogen and oxygen atoms in total. The van der Waals surface area contributed by atoms with Crippen LogP contribution in [0.25, 0.3) is 0 Å². The molecule has 16 heavy (non-hydrogen) atoms. The minimum Gasteiger partial charge on any atom is -0.389 e. The lowest BCUT2D eigenvalue weighted by molar-refractivity contribution is 0.540. The zero-order chi connectivity index (χ0) is 12.1. The molecule has 1 unspecified atom stereocenters. The maximum Gasteiger partial charge on any atom is 0.106 e. The lowest BCUT2D eigenvalue weighted by Crippen LogP contribution is -2.20. The van der Waals surface area contributed by atoms with Gasteiger partial charge in [-0.1, -0.05) is 38.2 Å². The zero-order valence-electron chi connectivity index (χ0n) is 10.2. The van der Waals surface area contributed by atoms with E-state index in [4.69, 9.17) is 18.0 Å². The van der Waals surface area contributed by atoms with Crippen molar-refractivity contribution in [3.63, 3.8) is 0 Å². The van der Waals surface area contributed by atoms with Crippen LogP contribution in [0.1, 0.15) is 32.8 Å². The average molecular weight is 236 g/mol. The molecule has 0 heterocycles. The van der Waals surface area contributed by atoms with Gasteiger partial charge in [0.15, 0.2) is 0 Å². The van der Waals surface area contributed by atoms with Gasteiger partial charge in [-0.25, -0.2) is 0 Å². The molecule has 3 heteroatoms. The normalized spacial score (nSPS) is 12.5. The Hall–Kier alpha value is -1.09. The predicted molar refractivity (Wildman–Crippen MR) is 74.9 cm³/mol. The summed E-state index contributed by atoms with van der Waals surface area (Å²) in [5.74, 6) is 0.680. The van der Waals surface area contributed by atoms with Crippen LogP contribution in [0.2, 0.25) is 0 Å². The molecule has 0 bridgehead atoms. The van der Waals surface area contributed by atoms with Crippen molar-refractivity contribution < 1.29 is 0 Å². The van der Waals surface area contributed by atoms with Gasteiger partial charge in [-0.3, -0.25) is 0 Å². The average Bonchev–Trinajstić information content (AvgIpc) is 2.16. The van der Waals surface area contributed by atoms with Crippen molar-refractivity contribution in [2.24, 2.45) is 11.7 Å². The molecule has 1 atom stereocenters. The molecule has 0 aromatic heterocycles. The van der Waals surface area contributed by atoms with Gasteiger partial charge in [-0.15, -0.1) is 0 Å². The minimum absolute atomic E-state index is 0.426. The summed E-state index contributed by atoms with van der Waals surface area (Å²) in [5, 5.41) is 3.46. The Balaban J connectivity index is 2.76. The van der Waals surface area contributed by atoms with Gasteiger partial charge < -0.3 is 11.1 Å². The van der Waals surface area contributed by atoms with Crippen molar-refractivity contribution in [1.82, 2.24) is 0 Å². The van der Waals surface area contributed by atoms with Crippen LogP contribution in [-0.2, 0) is 0 Å². The molecule has 1 rings (SSSR count). The van der Waals surface area contributed by atoms with Crippen molar-refractivity contribution in [2.45, 2.75) is 33.2 Å². The third-order valence-corrected chi connectivity index (χ3v) is 2.64. The second-order valence-corrected chi connectivity index (χ2v) is 5.02. The summed E-state index contributed by atoms with van der Waals surface area (Å²) in [7, 11) is 0. The maximum absolute atomic E-state index is 5.68. The van der Waals surface area contributed by atoms with Gasteiger partial charge in [0.1, 0.15) is 4.99 Å². The Morgan fingerprint density at radius 3 is 2.50 bits per heavy atom. The summed E-state index contributed by atoms with van der Waals surface area (Å²) in [6.07, 6.45) is 1.13. The summed E-state index contributed by atoms with van der Waals surface area (Å²) < 4.78 is 0. The molecule has 1 aromatic carbocycles. The SMILES string of the molecule is CC(C)CC(C)Nc1ccccc1C(N)=S. The molecule has 0 saturated carbocycles. The van der Waals surface area contributed by atoms with Crippen LogP contribution >= 0.6 is 12.2 Å². The molecular formula is C13H20N2S. The number of nitrogens with one attached hydrogen (secondary N) is 1. The van der Waals surface area contributed by atoms with Crippen LogP contribution in [0.5, 0.6) is 0 Å². The standard InChI is InChI=1S/C13H20N2S/c1-9(2)8-10(3)15-12-7-5-4-6-11(12)13(14)16/h4-7,9-10,15H,8H2,1-3H3,(H2,14,16). The quantitative estimate of drug-likeness (QED) is 0.771. The molecule has 88 valence electrons. The molecule has 0 aliphatic rings. The molecule has 0 aliphatic carbocycles. The number of para-hydroxylation sites is 1. The largest absolute Gasteiger partial charge is 0.389 e. The monoisotopic (exact) mass is 236 g/mol. The molecular weight excluding hydrogens is 216 g/mol. The first-order chi connectivity index (χ1) is 7.50. The van der Waals surface area contributed by atoms with Crippen molar-refractivity contribution in [1.29, 1.82) is 0 Å². The van der Waals surface area contributed by atoms with Gasteiger partial charge in [-0.05, 0) is 31.4 Å². The van der Waals surface area contributed by atoms with Crippen molar-refractivity contribution in [2.75, 3.05) is 5.32 Å². The van der Waals surface area contributed by atoms with E-state index < -0.39 is 0 Å². The van der Waals surface area contributed by atoms with E-state index in [1.807, 2.05) is 24.3 Å². The highest BCUT2D eigenvalue weighted by molar-refractivity contribution is 7.80. The van der Waals surface area contributed by atoms with Crippen LogP contribution in [0.4, 0.5) is 5.69 Å². The van der Waals surface area contributed by atoms with E-state index in [1.54, 1.807) is 0 Å². The third kappa shape index (κ3) is 3.81. The summed E-state index contributed by atoms with van der Waals surface area (Å²) >= 11 is 5.03. The number of hydrogen-bond donors (Lipinski definition) is 2. The zero-order valence-corrected chi connectivity index (χ0v) is 11.0. The number of rotatable bonds is 5. The van der Waals surface area contributed by atoms with Gasteiger partial charge in [0, 0.05) is 17.3 Å². The Bertz CT molecular complexity index is 361. The lowest BCUT2D eigenvalue weighted by atomic mass is 10.0. The Morgan fingerprint density at radius 2 is 1.94 bits per heavy atom. The van der Waals surface area contributed by atoms with E-state index in [1.165, 1.54) is 0 Å².